The van der Waals surface area contributed by atoms with Crippen LogP contribution in [0, 0.1) is 27.7 Å². The van der Waals surface area contributed by atoms with Gasteiger partial charge in [-0.3, -0.25) is 0 Å². The molecule has 6 aromatic carbocycles. The van der Waals surface area contributed by atoms with Gasteiger partial charge in [-0.15, -0.1) is 0 Å². The van der Waals surface area contributed by atoms with Gasteiger partial charge in [0.05, 0.1) is 0 Å². The van der Waals surface area contributed by atoms with Gasteiger partial charge in [0.25, 0.3) is 0 Å². The third-order valence-electron chi connectivity index (χ3n) is 10.7. The fourth-order valence-corrected chi connectivity index (χ4v) is 8.27. The largest absolute Gasteiger partial charge is 0.0619 e. The van der Waals surface area contributed by atoms with Crippen molar-refractivity contribution in [2.45, 2.75) is 44.9 Å². The molecule has 208 valence electrons. The molecular weight excluding hydrogens is 516 g/mol. The van der Waals surface area contributed by atoms with Crippen LogP contribution in [0.4, 0.5) is 0 Å². The molecule has 0 aromatic heterocycles. The van der Waals surface area contributed by atoms with Crippen LogP contribution in [0.15, 0.2) is 133 Å². The first-order valence-corrected chi connectivity index (χ1v) is 15.5. The average molecular weight is 553 g/mol. The van der Waals surface area contributed by atoms with E-state index in [1.165, 1.54) is 77.9 Å². The van der Waals surface area contributed by atoms with Crippen molar-refractivity contribution >= 4 is 0 Å². The summed E-state index contributed by atoms with van der Waals surface area (Å²) in [4.78, 5) is 0. The maximum Gasteiger partial charge on any atom is 0.0478 e. The zero-order valence-corrected chi connectivity index (χ0v) is 25.4. The molecule has 0 aliphatic heterocycles. The first kappa shape index (κ1) is 26.0. The lowest BCUT2D eigenvalue weighted by atomic mass is 9.58. The van der Waals surface area contributed by atoms with Crippen molar-refractivity contribution in [1.82, 2.24) is 0 Å². The molecule has 0 atom stereocenters. The standard InChI is InChI=1S/C43H36/c1-28-21-23-32(25-30(28)3)42(38-17-9-5-13-34(38)35-14-6-10-18-39(35)42)27-43(33-24-22-29(2)31(4)26-33)40-19-11-7-15-36(40)37-16-8-12-20-41(37)43/h5-26H,27H2,1-4H3. The molecule has 0 spiro atoms. The van der Waals surface area contributed by atoms with Gasteiger partial charge in [0.15, 0.2) is 0 Å². The lowest BCUT2D eigenvalue weighted by Gasteiger charge is -2.43. The minimum atomic E-state index is -0.352. The second kappa shape index (κ2) is 9.41. The highest BCUT2D eigenvalue weighted by molar-refractivity contribution is 5.87. The molecule has 0 unspecified atom stereocenters. The van der Waals surface area contributed by atoms with Gasteiger partial charge in [-0.25, -0.2) is 0 Å². The second-order valence-electron chi connectivity index (χ2n) is 12.8. The molecule has 8 rings (SSSR count). The van der Waals surface area contributed by atoms with E-state index >= 15 is 0 Å². The van der Waals surface area contributed by atoms with Crippen LogP contribution in [0.25, 0.3) is 22.3 Å². The highest BCUT2D eigenvalue weighted by atomic mass is 14.6. The van der Waals surface area contributed by atoms with Crippen LogP contribution < -0.4 is 0 Å². The minimum absolute atomic E-state index is 0.352. The van der Waals surface area contributed by atoms with E-state index in [-0.39, 0.29) is 10.8 Å². The van der Waals surface area contributed by atoms with Gasteiger partial charge in [-0.05, 0) is 112 Å². The van der Waals surface area contributed by atoms with E-state index in [0.717, 1.165) is 6.42 Å². The lowest BCUT2D eigenvalue weighted by molar-refractivity contribution is 0.453. The summed E-state index contributed by atoms with van der Waals surface area (Å²) in [6.45, 7) is 8.97. The summed E-state index contributed by atoms with van der Waals surface area (Å²) in [7, 11) is 0. The monoisotopic (exact) mass is 552 g/mol. The van der Waals surface area contributed by atoms with Gasteiger partial charge in [0.2, 0.25) is 0 Å². The number of benzene rings is 6. The van der Waals surface area contributed by atoms with Crippen molar-refractivity contribution in [3.05, 3.63) is 189 Å². The Morgan fingerprint density at radius 3 is 0.953 bits per heavy atom. The Balaban J connectivity index is 1.54. The summed E-state index contributed by atoms with van der Waals surface area (Å²) in [5.74, 6) is 0. The van der Waals surface area contributed by atoms with Crippen LogP contribution in [0.3, 0.4) is 0 Å². The molecule has 43 heavy (non-hydrogen) atoms. The van der Waals surface area contributed by atoms with Gasteiger partial charge in [-0.1, -0.05) is 133 Å². The smallest absolute Gasteiger partial charge is 0.0478 e. The third-order valence-corrected chi connectivity index (χ3v) is 10.7. The fraction of sp³-hybridized carbons (Fsp3) is 0.163. The molecule has 0 amide bonds. The number of rotatable bonds is 4. The molecule has 0 fully saturated rings. The summed E-state index contributed by atoms with van der Waals surface area (Å²) in [6, 6.07) is 51.0. The van der Waals surface area contributed by atoms with E-state index in [1.807, 2.05) is 0 Å². The van der Waals surface area contributed by atoms with E-state index in [1.54, 1.807) is 0 Å². The molecule has 0 heteroatoms. The molecule has 0 bridgehead atoms. The van der Waals surface area contributed by atoms with Crippen LogP contribution in [-0.4, -0.2) is 0 Å². The van der Waals surface area contributed by atoms with Crippen molar-refractivity contribution in [2.24, 2.45) is 0 Å². The van der Waals surface area contributed by atoms with Crippen molar-refractivity contribution in [3.8, 4) is 22.3 Å². The van der Waals surface area contributed by atoms with E-state index in [4.69, 9.17) is 0 Å². The SMILES string of the molecule is Cc1ccc(C2(CC3(c4ccc(C)c(C)c4)c4ccccc4-c4ccccc43)c3ccccc3-c3ccccc32)cc1C. The molecule has 6 aromatic rings. The zero-order valence-electron chi connectivity index (χ0n) is 25.4. The molecule has 2 aliphatic carbocycles. The lowest BCUT2D eigenvalue weighted by Crippen LogP contribution is -2.39. The van der Waals surface area contributed by atoms with Crippen molar-refractivity contribution in [3.63, 3.8) is 0 Å². The maximum atomic E-state index is 2.47. The third kappa shape index (κ3) is 3.50. The van der Waals surface area contributed by atoms with Gasteiger partial charge in [0, 0.05) is 10.8 Å². The quantitative estimate of drug-likeness (QED) is 0.204. The van der Waals surface area contributed by atoms with Crippen LogP contribution in [0.1, 0.15) is 62.1 Å². The van der Waals surface area contributed by atoms with Gasteiger partial charge < -0.3 is 0 Å². The minimum Gasteiger partial charge on any atom is -0.0619 e. The summed E-state index contributed by atoms with van der Waals surface area (Å²) in [5, 5.41) is 0. The summed E-state index contributed by atoms with van der Waals surface area (Å²) in [6.07, 6.45) is 0.896. The highest BCUT2D eigenvalue weighted by Crippen LogP contribution is 2.63. The summed E-state index contributed by atoms with van der Waals surface area (Å²) >= 11 is 0. The highest BCUT2D eigenvalue weighted by Gasteiger charge is 2.54. The maximum absolute atomic E-state index is 2.47. The van der Waals surface area contributed by atoms with Crippen molar-refractivity contribution in [2.75, 3.05) is 0 Å². The van der Waals surface area contributed by atoms with E-state index in [9.17, 15) is 0 Å². The van der Waals surface area contributed by atoms with E-state index < -0.39 is 0 Å². The van der Waals surface area contributed by atoms with Gasteiger partial charge in [0.1, 0.15) is 0 Å². The molecule has 0 nitrogen and oxygen atoms in total. The average Bonchev–Trinajstić information content (AvgIpc) is 3.49. The van der Waals surface area contributed by atoms with E-state index in [2.05, 4.69) is 161 Å². The Hall–Kier alpha value is -4.68. The first-order chi connectivity index (χ1) is 20.9. The van der Waals surface area contributed by atoms with Crippen molar-refractivity contribution in [1.29, 1.82) is 0 Å². The molecule has 0 saturated carbocycles. The molecular formula is C43H36. The normalized spacial score (nSPS) is 15.0. The van der Waals surface area contributed by atoms with Crippen LogP contribution >= 0.6 is 0 Å². The zero-order chi connectivity index (χ0) is 29.3. The predicted octanol–water partition coefficient (Wildman–Crippen LogP) is 10.6. The topological polar surface area (TPSA) is 0 Å². The summed E-state index contributed by atoms with van der Waals surface area (Å²) < 4.78 is 0. The van der Waals surface area contributed by atoms with E-state index in [0.29, 0.717) is 0 Å². The Morgan fingerprint density at radius 2 is 0.651 bits per heavy atom. The summed E-state index contributed by atoms with van der Waals surface area (Å²) in [5.41, 5.74) is 18.4. The molecule has 0 radical (unpaired) electrons. The van der Waals surface area contributed by atoms with Crippen LogP contribution in [0.2, 0.25) is 0 Å². The number of hydrogen-bond donors (Lipinski definition) is 0. The Kier molecular flexibility index (Phi) is 5.69. The fourth-order valence-electron chi connectivity index (χ4n) is 8.27. The van der Waals surface area contributed by atoms with Gasteiger partial charge >= 0.3 is 0 Å². The predicted molar refractivity (Wildman–Crippen MR) is 180 cm³/mol. The Morgan fingerprint density at radius 1 is 0.349 bits per heavy atom. The molecule has 0 saturated heterocycles. The van der Waals surface area contributed by atoms with Crippen LogP contribution in [0.5, 0.6) is 0 Å². The Labute approximate surface area is 255 Å². The molecule has 0 heterocycles. The number of aryl methyl sites for hydroxylation is 4. The molecule has 0 N–H and O–H groups in total. The van der Waals surface area contributed by atoms with Crippen molar-refractivity contribution < 1.29 is 0 Å². The van der Waals surface area contributed by atoms with Crippen LogP contribution in [-0.2, 0) is 10.8 Å². The van der Waals surface area contributed by atoms with Gasteiger partial charge in [-0.2, -0.15) is 0 Å². The second-order valence-corrected chi connectivity index (χ2v) is 12.8. The number of hydrogen-bond acceptors (Lipinski definition) is 0. The number of fused-ring (bicyclic) bond motifs is 6. The first-order valence-electron chi connectivity index (χ1n) is 15.5. The molecule has 2 aliphatic rings. The Bertz CT molecular complexity index is 1820.